The third-order valence-corrected chi connectivity index (χ3v) is 2.41. The summed E-state index contributed by atoms with van der Waals surface area (Å²) >= 11 is 0. The number of carbonyl (C=O) groups excluding carboxylic acids is 1. The van der Waals surface area contributed by atoms with Crippen molar-refractivity contribution < 1.29 is 9.53 Å². The summed E-state index contributed by atoms with van der Waals surface area (Å²) < 4.78 is 5.21. The molecule has 3 heteroatoms. The number of nitrogens with two attached hydrogens (primary N) is 1. The van der Waals surface area contributed by atoms with Gasteiger partial charge in [0.2, 0.25) is 0 Å². The topological polar surface area (TPSA) is 52.3 Å². The van der Waals surface area contributed by atoms with Gasteiger partial charge in [0.25, 0.3) is 0 Å². The van der Waals surface area contributed by atoms with Gasteiger partial charge in [0.1, 0.15) is 12.1 Å². The van der Waals surface area contributed by atoms with E-state index in [9.17, 15) is 4.79 Å². The first-order chi connectivity index (χ1) is 6.49. The maximum absolute atomic E-state index is 11.4. The predicted molar refractivity (Wildman–Crippen MR) is 57.9 cm³/mol. The zero-order chi connectivity index (χ0) is 11.1. The molecule has 0 radical (unpaired) electrons. The minimum atomic E-state index is -0.448. The van der Waals surface area contributed by atoms with Crippen LogP contribution in [0, 0.1) is 5.92 Å². The second kappa shape index (κ2) is 6.82. The highest BCUT2D eigenvalue weighted by molar-refractivity contribution is 5.75. The maximum atomic E-state index is 11.4. The molecule has 0 amide bonds. The number of carbonyl (C=O) groups is 1. The van der Waals surface area contributed by atoms with Crippen LogP contribution in [0.2, 0.25) is 0 Å². The molecule has 0 bridgehead atoms. The summed E-state index contributed by atoms with van der Waals surface area (Å²) in [5.74, 6) is 0.0805. The molecule has 0 heterocycles. The highest BCUT2D eigenvalue weighted by Gasteiger charge is 2.18. The van der Waals surface area contributed by atoms with Crippen LogP contribution in [0.3, 0.4) is 0 Å². The maximum Gasteiger partial charge on any atom is 0.323 e. The van der Waals surface area contributed by atoms with E-state index in [4.69, 9.17) is 10.5 Å². The van der Waals surface area contributed by atoms with Crippen molar-refractivity contribution in [2.75, 3.05) is 0 Å². The van der Waals surface area contributed by atoms with Gasteiger partial charge in [-0.3, -0.25) is 4.79 Å². The van der Waals surface area contributed by atoms with Crippen LogP contribution in [0.15, 0.2) is 0 Å². The molecule has 0 aromatic rings. The van der Waals surface area contributed by atoms with Crippen LogP contribution in [0.5, 0.6) is 0 Å². The van der Waals surface area contributed by atoms with Gasteiger partial charge in [0, 0.05) is 0 Å². The summed E-state index contributed by atoms with van der Waals surface area (Å²) in [7, 11) is 0. The molecule has 0 saturated heterocycles. The van der Waals surface area contributed by atoms with Crippen LogP contribution in [-0.2, 0) is 9.53 Å². The van der Waals surface area contributed by atoms with Gasteiger partial charge in [-0.2, -0.15) is 0 Å². The number of unbranched alkanes of at least 4 members (excludes halogenated alkanes) is 1. The van der Waals surface area contributed by atoms with Crippen LogP contribution in [0.4, 0.5) is 0 Å². The summed E-state index contributed by atoms with van der Waals surface area (Å²) in [4.78, 5) is 11.4. The van der Waals surface area contributed by atoms with Gasteiger partial charge in [-0.25, -0.2) is 0 Å². The molecule has 0 aliphatic carbocycles. The van der Waals surface area contributed by atoms with Crippen molar-refractivity contribution in [3.63, 3.8) is 0 Å². The molecule has 14 heavy (non-hydrogen) atoms. The van der Waals surface area contributed by atoms with Crippen molar-refractivity contribution in [3.8, 4) is 0 Å². The molecule has 2 N–H and O–H groups in total. The zero-order valence-electron chi connectivity index (χ0n) is 9.75. The van der Waals surface area contributed by atoms with E-state index in [2.05, 4.69) is 6.92 Å². The molecule has 0 aromatic heterocycles. The van der Waals surface area contributed by atoms with E-state index in [0.29, 0.717) is 5.92 Å². The molecule has 2 atom stereocenters. The van der Waals surface area contributed by atoms with Crippen molar-refractivity contribution in [2.24, 2.45) is 11.7 Å². The van der Waals surface area contributed by atoms with Crippen molar-refractivity contribution in [2.45, 2.75) is 59.1 Å². The quantitative estimate of drug-likeness (QED) is 0.669. The fourth-order valence-electron chi connectivity index (χ4n) is 0.949. The summed E-state index contributed by atoms with van der Waals surface area (Å²) in [6.07, 6.45) is 2.71. The molecule has 0 aromatic carbocycles. The number of hydrogen-bond acceptors (Lipinski definition) is 3. The van der Waals surface area contributed by atoms with Crippen LogP contribution < -0.4 is 5.73 Å². The molecule has 0 aliphatic heterocycles. The molecule has 0 saturated carbocycles. The molecule has 0 unspecified atom stereocenters. The number of rotatable bonds is 6. The molecule has 3 nitrogen and oxygen atoms in total. The SMILES string of the molecule is CCCC[C@H](N)C(=O)O[C@H](C)C(C)C. The average Bonchev–Trinajstić information content (AvgIpc) is 2.13. The van der Waals surface area contributed by atoms with Crippen LogP contribution >= 0.6 is 0 Å². The Balaban J connectivity index is 3.82. The lowest BCUT2D eigenvalue weighted by Crippen LogP contribution is -2.35. The van der Waals surface area contributed by atoms with Gasteiger partial charge in [-0.05, 0) is 19.3 Å². The van der Waals surface area contributed by atoms with Gasteiger partial charge in [0.05, 0.1) is 0 Å². The Bertz CT molecular complexity index is 169. The van der Waals surface area contributed by atoms with E-state index in [1.54, 1.807) is 0 Å². The van der Waals surface area contributed by atoms with E-state index < -0.39 is 6.04 Å². The largest absolute Gasteiger partial charge is 0.461 e. The Labute approximate surface area is 87.0 Å². The Morgan fingerprint density at radius 2 is 1.93 bits per heavy atom. The minimum absolute atomic E-state index is 0.0461. The van der Waals surface area contributed by atoms with Gasteiger partial charge in [-0.1, -0.05) is 33.6 Å². The van der Waals surface area contributed by atoms with Crippen LogP contribution in [0.1, 0.15) is 47.0 Å². The lowest BCUT2D eigenvalue weighted by Gasteiger charge is -2.19. The Kier molecular flexibility index (Phi) is 6.54. The average molecular weight is 201 g/mol. The van der Waals surface area contributed by atoms with Crippen molar-refractivity contribution in [1.82, 2.24) is 0 Å². The molecule has 84 valence electrons. The fraction of sp³-hybridized carbons (Fsp3) is 0.909. The number of esters is 1. The molecule has 0 spiro atoms. The van der Waals surface area contributed by atoms with Gasteiger partial charge in [0.15, 0.2) is 0 Å². The van der Waals surface area contributed by atoms with E-state index in [-0.39, 0.29) is 12.1 Å². The highest BCUT2D eigenvalue weighted by atomic mass is 16.5. The molecular formula is C11H23NO2. The molecular weight excluding hydrogens is 178 g/mol. The Hall–Kier alpha value is -0.570. The van der Waals surface area contributed by atoms with E-state index in [1.807, 2.05) is 20.8 Å². The number of hydrogen-bond donors (Lipinski definition) is 1. The van der Waals surface area contributed by atoms with Crippen molar-refractivity contribution in [3.05, 3.63) is 0 Å². The summed E-state index contributed by atoms with van der Waals surface area (Å²) in [5.41, 5.74) is 5.68. The molecule has 0 rings (SSSR count). The Morgan fingerprint density at radius 1 is 1.36 bits per heavy atom. The first-order valence-electron chi connectivity index (χ1n) is 5.45. The third kappa shape index (κ3) is 5.22. The normalized spacial score (nSPS) is 15.3. The Morgan fingerprint density at radius 3 is 2.36 bits per heavy atom. The smallest absolute Gasteiger partial charge is 0.323 e. The van der Waals surface area contributed by atoms with Gasteiger partial charge >= 0.3 is 5.97 Å². The van der Waals surface area contributed by atoms with Gasteiger partial charge in [-0.15, -0.1) is 0 Å². The summed E-state index contributed by atoms with van der Waals surface area (Å²) in [5, 5.41) is 0. The minimum Gasteiger partial charge on any atom is -0.461 e. The van der Waals surface area contributed by atoms with Crippen LogP contribution in [-0.4, -0.2) is 18.1 Å². The monoisotopic (exact) mass is 201 g/mol. The molecule has 0 fully saturated rings. The predicted octanol–water partition coefficient (Wildman–Crippen LogP) is 2.09. The second-order valence-electron chi connectivity index (χ2n) is 4.13. The van der Waals surface area contributed by atoms with E-state index >= 15 is 0 Å². The number of ether oxygens (including phenoxy) is 1. The van der Waals surface area contributed by atoms with Crippen molar-refractivity contribution in [1.29, 1.82) is 0 Å². The third-order valence-electron chi connectivity index (χ3n) is 2.41. The first-order valence-corrected chi connectivity index (χ1v) is 5.45. The second-order valence-corrected chi connectivity index (χ2v) is 4.13. The fourth-order valence-corrected chi connectivity index (χ4v) is 0.949. The molecule has 0 aliphatic rings. The lowest BCUT2D eigenvalue weighted by molar-refractivity contribution is -0.152. The standard InChI is InChI=1S/C11H23NO2/c1-5-6-7-10(12)11(13)14-9(4)8(2)3/h8-10H,5-7,12H2,1-4H3/t9-,10+/m1/s1. The van der Waals surface area contributed by atoms with Crippen LogP contribution in [0.25, 0.3) is 0 Å². The zero-order valence-corrected chi connectivity index (χ0v) is 9.75. The first kappa shape index (κ1) is 13.4. The van der Waals surface area contributed by atoms with E-state index in [0.717, 1.165) is 19.3 Å². The lowest BCUT2D eigenvalue weighted by atomic mass is 10.1. The highest BCUT2D eigenvalue weighted by Crippen LogP contribution is 2.08. The van der Waals surface area contributed by atoms with Gasteiger partial charge < -0.3 is 10.5 Å². The summed E-state index contributed by atoms with van der Waals surface area (Å²) in [6.45, 7) is 8.02. The van der Waals surface area contributed by atoms with Crippen molar-refractivity contribution >= 4 is 5.97 Å². The van der Waals surface area contributed by atoms with E-state index in [1.165, 1.54) is 0 Å². The summed E-state index contributed by atoms with van der Waals surface area (Å²) in [6, 6.07) is -0.448.